The van der Waals surface area contributed by atoms with E-state index < -0.39 is 11.5 Å². The lowest BCUT2D eigenvalue weighted by molar-refractivity contribution is -0.859. The smallest absolute Gasteiger partial charge is 0.255 e. The predicted octanol–water partition coefficient (Wildman–Crippen LogP) is 1.41. The minimum atomic E-state index is -2.65. The molecule has 0 bridgehead atoms. The number of hydrogen-bond acceptors (Lipinski definition) is 1. The summed E-state index contributed by atoms with van der Waals surface area (Å²) in [5.41, 5.74) is -0.688. The Balaban J connectivity index is 4.24. The molecule has 0 unspecified atom stereocenters. The van der Waals surface area contributed by atoms with Crippen molar-refractivity contribution in [2.75, 3.05) is 27.7 Å². The summed E-state index contributed by atoms with van der Waals surface area (Å²) in [5, 5.41) is 0. The molecular formula is C10H22ClF2N2+. The van der Waals surface area contributed by atoms with Crippen LogP contribution in [0.4, 0.5) is 8.78 Å². The van der Waals surface area contributed by atoms with Crippen LogP contribution in [0.25, 0.3) is 0 Å². The van der Waals surface area contributed by atoms with Gasteiger partial charge in [-0.3, -0.25) is 0 Å². The molecule has 0 fully saturated rings. The van der Waals surface area contributed by atoms with Crippen molar-refractivity contribution >= 4 is 11.8 Å². The first-order valence-corrected chi connectivity index (χ1v) is 5.47. The van der Waals surface area contributed by atoms with E-state index in [9.17, 15) is 8.78 Å². The lowest BCUT2D eigenvalue weighted by Crippen LogP contribution is -3.05. The van der Waals surface area contributed by atoms with Gasteiger partial charge in [-0.25, -0.2) is 13.2 Å². The van der Waals surface area contributed by atoms with Gasteiger partial charge in [0.25, 0.3) is 5.92 Å². The molecule has 0 aromatic heterocycles. The van der Waals surface area contributed by atoms with Crippen molar-refractivity contribution in [3.05, 3.63) is 0 Å². The minimum Gasteiger partial charge on any atom is -0.340 e. The van der Waals surface area contributed by atoms with Gasteiger partial charge in [0.15, 0.2) is 0 Å². The van der Waals surface area contributed by atoms with E-state index in [-0.39, 0.29) is 12.8 Å². The molecule has 0 saturated carbocycles. The second-order valence-corrected chi connectivity index (χ2v) is 5.54. The minimum absolute atomic E-state index is 0.0938. The van der Waals surface area contributed by atoms with Crippen molar-refractivity contribution in [2.45, 2.75) is 38.2 Å². The van der Waals surface area contributed by atoms with E-state index in [4.69, 9.17) is 11.8 Å². The van der Waals surface area contributed by atoms with Gasteiger partial charge in [0.05, 0.1) is 27.1 Å². The van der Waals surface area contributed by atoms with Gasteiger partial charge in [-0.1, -0.05) is 0 Å². The quantitative estimate of drug-likeness (QED) is 0.694. The molecule has 2 nitrogen and oxygen atoms in total. The summed E-state index contributed by atoms with van der Waals surface area (Å²) in [6, 6.07) is 0. The second-order valence-electron chi connectivity index (χ2n) is 5.03. The summed E-state index contributed by atoms with van der Waals surface area (Å²) < 4.78 is 28.4. The van der Waals surface area contributed by atoms with Crippen molar-refractivity contribution in [3.63, 3.8) is 0 Å². The first kappa shape index (κ1) is 15.1. The predicted molar refractivity (Wildman–Crippen MR) is 59.6 cm³/mol. The normalized spacial score (nSPS) is 14.0. The van der Waals surface area contributed by atoms with Crippen molar-refractivity contribution < 1.29 is 13.7 Å². The first-order chi connectivity index (χ1) is 6.57. The summed E-state index contributed by atoms with van der Waals surface area (Å²) in [5.74, 6) is -2.65. The molecule has 0 rings (SSSR count). The third-order valence-electron chi connectivity index (χ3n) is 2.52. The number of quaternary nitrogens is 1. The van der Waals surface area contributed by atoms with E-state index in [2.05, 4.69) is 0 Å². The van der Waals surface area contributed by atoms with Gasteiger partial charge >= 0.3 is 0 Å². The molecule has 0 aromatic carbocycles. The van der Waals surface area contributed by atoms with Crippen LogP contribution in [-0.2, 0) is 0 Å². The van der Waals surface area contributed by atoms with Crippen LogP contribution in [0.3, 0.4) is 0 Å². The molecule has 92 valence electrons. The molecule has 0 radical (unpaired) electrons. The summed E-state index contributed by atoms with van der Waals surface area (Å²) in [7, 11) is 5.35. The van der Waals surface area contributed by atoms with Crippen LogP contribution < -0.4 is 4.90 Å². The van der Waals surface area contributed by atoms with E-state index in [0.29, 0.717) is 6.54 Å². The summed E-state index contributed by atoms with van der Waals surface area (Å²) in [4.78, 5) is 1.03. The second kappa shape index (κ2) is 5.41. The molecular weight excluding hydrogens is 222 g/mol. The maximum atomic E-state index is 13.5. The topological polar surface area (TPSA) is 7.68 Å². The number of alkyl halides is 2. The van der Waals surface area contributed by atoms with Gasteiger partial charge in [0, 0.05) is 19.0 Å². The van der Waals surface area contributed by atoms with Gasteiger partial charge < -0.3 is 4.90 Å². The van der Waals surface area contributed by atoms with Gasteiger partial charge in [0.2, 0.25) is 0 Å². The van der Waals surface area contributed by atoms with Crippen LogP contribution in [0.15, 0.2) is 0 Å². The molecule has 0 atom stereocenters. The third kappa shape index (κ3) is 6.28. The van der Waals surface area contributed by atoms with Gasteiger partial charge in [-0.2, -0.15) is 0 Å². The fraction of sp³-hybridized carbons (Fsp3) is 1.00. The van der Waals surface area contributed by atoms with Crippen LogP contribution >= 0.6 is 11.8 Å². The maximum Gasteiger partial charge on any atom is 0.255 e. The van der Waals surface area contributed by atoms with Gasteiger partial charge in [-0.15, -0.1) is 0 Å². The Labute approximate surface area is 96.3 Å². The highest BCUT2D eigenvalue weighted by Gasteiger charge is 2.38. The molecule has 0 aromatic rings. The highest BCUT2D eigenvalue weighted by atomic mass is 35.5. The molecule has 0 saturated heterocycles. The van der Waals surface area contributed by atoms with E-state index in [1.165, 1.54) is 4.42 Å². The van der Waals surface area contributed by atoms with Crippen LogP contribution in [0.2, 0.25) is 0 Å². The maximum absolute atomic E-state index is 13.5. The molecule has 1 N–H and O–H groups in total. The van der Waals surface area contributed by atoms with Crippen molar-refractivity contribution in [1.82, 2.24) is 4.42 Å². The zero-order valence-corrected chi connectivity index (χ0v) is 11.0. The molecule has 15 heavy (non-hydrogen) atoms. The number of nitrogens with one attached hydrogen (secondary N) is 1. The highest BCUT2D eigenvalue weighted by molar-refractivity contribution is 6.13. The molecule has 0 aliphatic rings. The Morgan fingerprint density at radius 3 is 2.07 bits per heavy atom. The first-order valence-electron chi connectivity index (χ1n) is 5.13. The SMILES string of the molecule is CN(Cl)C(C)(C)CC(F)(F)CC[NH+](C)C. The van der Waals surface area contributed by atoms with E-state index in [0.717, 1.165) is 4.90 Å². The average Bonchev–Trinajstić information content (AvgIpc) is 1.99. The number of halogens is 3. The standard InChI is InChI=1S/C10H21ClF2N2/c1-9(2,15(5)11)8-10(12,13)6-7-14(3)4/h6-8H2,1-5H3/p+1. The highest BCUT2D eigenvalue weighted by Crippen LogP contribution is 2.32. The Hall–Kier alpha value is 0.0700. The third-order valence-corrected chi connectivity index (χ3v) is 2.97. The van der Waals surface area contributed by atoms with E-state index in [1.54, 1.807) is 20.9 Å². The lowest BCUT2D eigenvalue weighted by atomic mass is 9.94. The van der Waals surface area contributed by atoms with Crippen LogP contribution in [0, 0.1) is 0 Å². The van der Waals surface area contributed by atoms with Crippen LogP contribution in [0.5, 0.6) is 0 Å². The summed E-state index contributed by atoms with van der Waals surface area (Å²) >= 11 is 5.73. The Morgan fingerprint density at radius 2 is 1.73 bits per heavy atom. The fourth-order valence-corrected chi connectivity index (χ4v) is 1.32. The molecule has 0 amide bonds. The van der Waals surface area contributed by atoms with Crippen molar-refractivity contribution in [1.29, 1.82) is 0 Å². The molecule has 5 heteroatoms. The van der Waals surface area contributed by atoms with E-state index in [1.807, 2.05) is 14.1 Å². The fourth-order valence-electron chi connectivity index (χ4n) is 1.26. The largest absolute Gasteiger partial charge is 0.340 e. The Kier molecular flexibility index (Phi) is 5.44. The van der Waals surface area contributed by atoms with Crippen molar-refractivity contribution in [2.24, 2.45) is 0 Å². The average molecular weight is 244 g/mol. The monoisotopic (exact) mass is 243 g/mol. The van der Waals surface area contributed by atoms with Crippen LogP contribution in [0.1, 0.15) is 26.7 Å². The van der Waals surface area contributed by atoms with Crippen molar-refractivity contribution in [3.8, 4) is 0 Å². The molecule has 0 aliphatic carbocycles. The molecule has 0 aliphatic heterocycles. The van der Waals surface area contributed by atoms with E-state index >= 15 is 0 Å². The van der Waals surface area contributed by atoms with Gasteiger partial charge in [-0.05, 0) is 25.6 Å². The number of hydrogen-bond donors (Lipinski definition) is 1. The summed E-state index contributed by atoms with van der Waals surface area (Å²) in [6.45, 7) is 3.90. The zero-order valence-electron chi connectivity index (χ0n) is 10.2. The lowest BCUT2D eigenvalue weighted by Gasteiger charge is -2.33. The molecule has 0 spiro atoms. The number of nitrogens with zero attached hydrogens (tertiary/aromatic N) is 1. The Bertz CT molecular complexity index is 194. The Morgan fingerprint density at radius 1 is 1.27 bits per heavy atom. The summed E-state index contributed by atoms with van der Waals surface area (Å²) in [6.07, 6.45) is -0.309. The number of rotatable bonds is 6. The zero-order chi connectivity index (χ0) is 12.3. The van der Waals surface area contributed by atoms with Gasteiger partial charge in [0.1, 0.15) is 0 Å². The van der Waals surface area contributed by atoms with Crippen LogP contribution in [-0.4, -0.2) is 43.6 Å². The molecule has 0 heterocycles.